The zero-order valence-corrected chi connectivity index (χ0v) is 67.5. The quantitative estimate of drug-likeness (QED) is 0.0161. The molecule has 4 aromatic carbocycles. The van der Waals surface area contributed by atoms with Crippen molar-refractivity contribution in [3.63, 3.8) is 0 Å². The summed E-state index contributed by atoms with van der Waals surface area (Å²) >= 11 is 0. The van der Waals surface area contributed by atoms with Crippen molar-refractivity contribution in [2.75, 3.05) is 82.1 Å². The molecule has 0 bridgehead atoms. The highest BCUT2D eigenvalue weighted by Gasteiger charge is 2.32. The lowest BCUT2D eigenvalue weighted by atomic mass is 10.0. The largest absolute Gasteiger partial charge is 0.469 e. The summed E-state index contributed by atoms with van der Waals surface area (Å²) in [6.45, 7) is 15.8. The first-order valence-electron chi connectivity index (χ1n) is 38.4. The number of hydrogen-bond acceptors (Lipinski definition) is 27. The van der Waals surface area contributed by atoms with Crippen LogP contribution in [-0.4, -0.2) is 187 Å². The summed E-state index contributed by atoms with van der Waals surface area (Å²) in [5.41, 5.74) is 9.53. The smallest absolute Gasteiger partial charge is 0.349 e. The van der Waals surface area contributed by atoms with Gasteiger partial charge in [0, 0.05) is 98.2 Å². The third-order valence-electron chi connectivity index (χ3n) is 19.9. The predicted octanol–water partition coefficient (Wildman–Crippen LogP) is 5.30. The highest BCUT2D eigenvalue weighted by molar-refractivity contribution is 5.87. The molecule has 0 spiro atoms. The lowest BCUT2D eigenvalue weighted by molar-refractivity contribution is -0.140. The maximum Gasteiger partial charge on any atom is 0.349 e. The maximum absolute atomic E-state index is 12.4. The van der Waals surface area contributed by atoms with E-state index in [1.807, 2.05) is 153 Å². The summed E-state index contributed by atoms with van der Waals surface area (Å²) < 4.78 is 10.4. The molecule has 34 nitrogen and oxygen atoms in total. The number of β-amino-alcohol motifs (C(OH)–C–C–N with tert-alkyl or cyclic N) is 1. The van der Waals surface area contributed by atoms with Gasteiger partial charge < -0.3 is 73.0 Å². The van der Waals surface area contributed by atoms with E-state index in [-0.39, 0.29) is 57.8 Å². The Balaban J connectivity index is 0.000000175. The number of nitrogens with one attached hydrogen (secondary N) is 4. The van der Waals surface area contributed by atoms with Crippen molar-refractivity contribution < 1.29 is 39.5 Å². The molecule has 0 saturated carbocycles. The second-order valence-electron chi connectivity index (χ2n) is 29.3. The molecule has 7 aliphatic heterocycles. The van der Waals surface area contributed by atoms with Crippen molar-refractivity contribution in [3.8, 4) is 34.6 Å². The number of carbonyl (C=O) groups is 3. The van der Waals surface area contributed by atoms with Crippen LogP contribution < -0.4 is 69.7 Å². The molecule has 12 rings (SSSR count). The third kappa shape index (κ3) is 21.5. The van der Waals surface area contributed by atoms with Crippen LogP contribution in [0.2, 0.25) is 0 Å². The normalized spacial score (nSPS) is 12.4. The number of fused-ring (bicyclic) bond motifs is 8. The fourth-order valence-corrected chi connectivity index (χ4v) is 13.8. The molecule has 0 fully saturated rings. The minimum absolute atomic E-state index is 0.0768. The average molecular weight is 1580 g/mol. The number of esters is 1. The molecule has 0 saturated heterocycles. The fraction of sp³-hybridized carbons (Fsp3) is 0.457. The van der Waals surface area contributed by atoms with Gasteiger partial charge in [-0.05, 0) is 156 Å². The molecule has 8 heterocycles. The van der Waals surface area contributed by atoms with Gasteiger partial charge in [-0.15, -0.1) is 0 Å². The molecule has 0 radical (unpaired) electrons. The second kappa shape index (κ2) is 39.2. The molecular formula is C81H103N19O15. The van der Waals surface area contributed by atoms with Crippen LogP contribution in [0.1, 0.15) is 139 Å². The van der Waals surface area contributed by atoms with Gasteiger partial charge in [0.25, 0.3) is 22.2 Å². The topological polar surface area (TPSA) is 454 Å². The summed E-state index contributed by atoms with van der Waals surface area (Å²) in [5, 5.41) is 39.2. The molecule has 612 valence electrons. The van der Waals surface area contributed by atoms with Gasteiger partial charge in [0.1, 0.15) is 35.4 Å². The lowest BCUT2D eigenvalue weighted by Crippen LogP contribution is -2.48. The van der Waals surface area contributed by atoms with E-state index in [1.165, 1.54) is 7.11 Å². The number of nitrogens with zero attached hydrogens (tertiary/aromatic N) is 15. The number of rotatable bonds is 30. The molecule has 115 heavy (non-hydrogen) atoms. The molecule has 5 aromatic rings. The van der Waals surface area contributed by atoms with E-state index in [0.717, 1.165) is 139 Å². The van der Waals surface area contributed by atoms with Crippen molar-refractivity contribution in [2.24, 2.45) is 4.99 Å². The number of aryl methyl sites for hydroxylation is 7. The SMILES string of the molecule is C=c1nc2c(c(=O)[nH]1)=Nc1cc(C)c(CC)cc1N2C[C@H](O)[C@H](O)[C@H](O)CO.CC(=O)CCCCCCn1c2nc(=O)[nH]c(=O)c-2nc2cc(C)c(N(C)C)cc21.CC(=O)CCCCCCn1c2nc(=O)[nH]c(=O)c-2nc2ccc(N(C)C)cc21.COC(=O)CCCCCCn1c2nc(=O)[nH]c(=O)c-2nc2cc(C)c(N(C)C)cc21. The first kappa shape index (κ1) is 87.1. The zero-order chi connectivity index (χ0) is 83.8. The fourth-order valence-electron chi connectivity index (χ4n) is 13.8. The summed E-state index contributed by atoms with van der Waals surface area (Å²) in [4.78, 5) is 169. The third-order valence-corrected chi connectivity index (χ3v) is 19.9. The van der Waals surface area contributed by atoms with Gasteiger partial charge in [0.15, 0.2) is 45.7 Å². The van der Waals surface area contributed by atoms with Gasteiger partial charge in [-0.1, -0.05) is 52.0 Å². The van der Waals surface area contributed by atoms with Crippen molar-refractivity contribution in [1.29, 1.82) is 0 Å². The van der Waals surface area contributed by atoms with E-state index >= 15 is 0 Å². The molecule has 0 amide bonds. The maximum atomic E-state index is 12.4. The molecular weight excluding hydrogens is 1480 g/mol. The van der Waals surface area contributed by atoms with Crippen molar-refractivity contribution in [1.82, 2.24) is 68.5 Å². The Morgan fingerprint density at radius 2 is 0.939 bits per heavy atom. The van der Waals surface area contributed by atoms with Gasteiger partial charge in [-0.2, -0.15) is 15.0 Å². The number of aromatic nitrogens is 14. The number of ketones is 2. The first-order valence-corrected chi connectivity index (χ1v) is 38.4. The predicted molar refractivity (Wildman–Crippen MR) is 442 cm³/mol. The average Bonchev–Trinajstić information content (AvgIpc) is 0.760. The summed E-state index contributed by atoms with van der Waals surface area (Å²) in [6, 6.07) is 17.5. The minimum Gasteiger partial charge on any atom is -0.469 e. The van der Waals surface area contributed by atoms with Gasteiger partial charge in [-0.3, -0.25) is 38.9 Å². The molecule has 3 atom stereocenters. The Morgan fingerprint density at radius 1 is 0.504 bits per heavy atom. The Bertz CT molecular complexity index is 5820. The number of carbonyl (C=O) groups excluding carboxylic acids is 3. The van der Waals surface area contributed by atoms with E-state index in [2.05, 4.69) is 71.1 Å². The van der Waals surface area contributed by atoms with E-state index in [9.17, 15) is 63.3 Å². The van der Waals surface area contributed by atoms with Crippen LogP contribution in [0, 0.1) is 20.8 Å². The van der Waals surface area contributed by atoms with Crippen LogP contribution in [-0.2, 0) is 45.2 Å². The van der Waals surface area contributed by atoms with Crippen LogP contribution in [0.15, 0.2) is 93.2 Å². The summed E-state index contributed by atoms with van der Waals surface area (Å²) in [5.74, 6) is 1.33. The number of unbranched alkanes of at least 4 members (excludes halogenated alkanes) is 9. The molecule has 0 aliphatic carbocycles. The van der Waals surface area contributed by atoms with Crippen molar-refractivity contribution in [2.45, 2.75) is 182 Å². The summed E-state index contributed by atoms with van der Waals surface area (Å²) in [6.07, 6.45) is 8.57. The number of hydrogen-bond donors (Lipinski definition) is 8. The number of ether oxygens (including phenoxy) is 1. The Hall–Kier alpha value is -11.9. The van der Waals surface area contributed by atoms with Crippen LogP contribution in [0.5, 0.6) is 0 Å². The zero-order valence-electron chi connectivity index (χ0n) is 67.5. The Kier molecular flexibility index (Phi) is 29.7. The number of anilines is 5. The van der Waals surface area contributed by atoms with E-state index in [1.54, 1.807) is 18.7 Å². The number of Topliss-reactive ketones (excluding diaryl/α,β-unsaturated/α-hetero) is 2. The van der Waals surface area contributed by atoms with Crippen molar-refractivity contribution in [3.05, 3.63) is 161 Å². The Labute approximate surface area is 661 Å². The number of aliphatic hydroxyl groups is 4. The lowest BCUT2D eigenvalue weighted by Gasteiger charge is -2.32. The number of methoxy groups -OCH3 is 1. The molecule has 8 N–H and O–H groups in total. The number of aromatic amines is 4. The van der Waals surface area contributed by atoms with Crippen LogP contribution >= 0.6 is 0 Å². The number of H-pyrrole nitrogens is 4. The van der Waals surface area contributed by atoms with Gasteiger partial charge in [-0.25, -0.2) is 39.3 Å². The van der Waals surface area contributed by atoms with E-state index < -0.39 is 64.2 Å². The molecule has 34 heteroatoms. The van der Waals surface area contributed by atoms with Crippen LogP contribution in [0.3, 0.4) is 0 Å². The monoisotopic (exact) mass is 1580 g/mol. The second-order valence-corrected chi connectivity index (χ2v) is 29.3. The molecule has 1 aromatic heterocycles. The number of aliphatic hydroxyl groups excluding tert-OH is 4. The summed E-state index contributed by atoms with van der Waals surface area (Å²) in [7, 11) is 13.2. The van der Waals surface area contributed by atoms with E-state index in [4.69, 9.17) is 5.11 Å². The highest BCUT2D eigenvalue weighted by Crippen LogP contribution is 2.38. The van der Waals surface area contributed by atoms with Gasteiger partial charge >= 0.3 is 23.0 Å². The molecule has 7 aliphatic rings. The van der Waals surface area contributed by atoms with Crippen molar-refractivity contribution >= 4 is 91.5 Å². The molecule has 0 unspecified atom stereocenters. The van der Waals surface area contributed by atoms with Crippen LogP contribution in [0.4, 0.5) is 34.3 Å². The number of benzene rings is 4. The Morgan fingerprint density at radius 3 is 1.36 bits per heavy atom. The van der Waals surface area contributed by atoms with Crippen LogP contribution in [0.25, 0.3) is 74.2 Å². The minimum atomic E-state index is -1.58. The first-order chi connectivity index (χ1) is 54.7. The standard InChI is InChI=1S/C21H27N5O4.C21H27N5O3.C20H25N5O3.C19H24N4O5/c1-13-11-14-16(12-15(13)25(2)3)26(10-8-6-5-7-9-17(27)30-4)19-18(22-14)20(28)24-21(29)23-19;1-13-11-15-17(12-16(13)25(3)4)26(10-8-6-5-7-9-14(2)27)19-18(22-15)20(28)24-21(29)23-19;1-13(26)8-6-4-5-7-11-25-16-12-14(24(2)3)9-10-15(16)21-17-18(25)22-20(28)23-19(17)27;1-4-11-6-13-12(5-9(11)2)22-16-18(20-10(3)21-19(16)28)23(13)7-14(25)17(27)15(26)8-24/h11-12H,5-10H2,1-4H3,(H,24,28,29);11-12H,5-10H2,1-4H3,(H,24,28,29);9-10,12H,4-8,11H2,1-3H3,(H,23,27,28);5-6,14-15,17,24-27H,3-4,7-8H2,1-2H3,(H,21,28)/t;;;14-,15+,17-/m...0/s1. The highest BCUT2D eigenvalue weighted by atomic mass is 16.5. The van der Waals surface area contributed by atoms with Gasteiger partial charge in [0.2, 0.25) is 0 Å². The van der Waals surface area contributed by atoms with Gasteiger partial charge in [0.05, 0.1) is 64.7 Å². The van der Waals surface area contributed by atoms with E-state index in [0.29, 0.717) is 84.3 Å².